The van der Waals surface area contributed by atoms with Crippen molar-refractivity contribution in [2.75, 3.05) is 0 Å². The second-order valence-electron chi connectivity index (χ2n) is 4.13. The van der Waals surface area contributed by atoms with Gasteiger partial charge >= 0.3 is 0 Å². The lowest BCUT2D eigenvalue weighted by Gasteiger charge is -2.12. The molecule has 0 fully saturated rings. The van der Waals surface area contributed by atoms with Gasteiger partial charge in [0, 0.05) is 7.05 Å². The van der Waals surface area contributed by atoms with Crippen molar-refractivity contribution >= 4 is 38.6 Å². The van der Waals surface area contributed by atoms with Crippen LogP contribution in [-0.2, 0) is 17.1 Å². The van der Waals surface area contributed by atoms with Crippen molar-refractivity contribution < 1.29 is 8.42 Å². The monoisotopic (exact) mass is 331 g/mol. The first kappa shape index (κ1) is 15.0. The van der Waals surface area contributed by atoms with Crippen LogP contribution in [0.15, 0.2) is 22.7 Å². The smallest absolute Gasteiger partial charge is 0.250 e. The Balaban J connectivity index is 2.22. The van der Waals surface area contributed by atoms with Gasteiger partial charge in [-0.3, -0.25) is 0 Å². The number of hydrogen-bond acceptors (Lipinski definition) is 6. The summed E-state index contributed by atoms with van der Waals surface area (Å²) in [6.45, 7) is 1.70. The number of aryl methyl sites for hydroxylation is 1. The van der Waals surface area contributed by atoms with E-state index >= 15 is 0 Å². The van der Waals surface area contributed by atoms with E-state index in [-0.39, 0.29) is 9.20 Å². The maximum Gasteiger partial charge on any atom is 0.250 e. The summed E-state index contributed by atoms with van der Waals surface area (Å²) in [5, 5.41) is 7.60. The zero-order valence-electron chi connectivity index (χ0n) is 10.8. The quantitative estimate of drug-likeness (QED) is 0.776. The Morgan fingerprint density at radius 1 is 1.55 bits per heavy atom. The van der Waals surface area contributed by atoms with Crippen LogP contribution in [0.3, 0.4) is 0 Å². The number of rotatable bonds is 5. The second-order valence-corrected chi connectivity index (χ2v) is 7.59. The molecule has 2 rings (SSSR count). The van der Waals surface area contributed by atoms with Gasteiger partial charge in [0.25, 0.3) is 10.0 Å². The van der Waals surface area contributed by atoms with E-state index in [1.54, 1.807) is 24.6 Å². The molecule has 2 aromatic heterocycles. The maximum absolute atomic E-state index is 12.2. The molecule has 0 aromatic carbocycles. The number of nitrogens with two attached hydrogens (primary N) is 1. The molecule has 2 aromatic rings. The number of hydrogen-bond donors (Lipinski definition) is 2. The number of nitrogens with one attached hydrogen (secondary N) is 1. The summed E-state index contributed by atoms with van der Waals surface area (Å²) >= 11 is 5.85. The number of nitrogens with zero attached hydrogens (tertiary/aromatic N) is 3. The largest absolute Gasteiger partial charge is 0.389 e. The van der Waals surface area contributed by atoms with E-state index in [2.05, 4.69) is 14.9 Å². The van der Waals surface area contributed by atoms with Gasteiger partial charge in [-0.2, -0.15) is 0 Å². The molecule has 1 atom stereocenters. The van der Waals surface area contributed by atoms with Crippen molar-refractivity contribution in [3.63, 3.8) is 0 Å². The van der Waals surface area contributed by atoms with Gasteiger partial charge < -0.3 is 10.3 Å². The van der Waals surface area contributed by atoms with Gasteiger partial charge in [0.1, 0.15) is 21.3 Å². The predicted molar refractivity (Wildman–Crippen MR) is 79.9 cm³/mol. The van der Waals surface area contributed by atoms with E-state index in [9.17, 15) is 8.42 Å². The summed E-state index contributed by atoms with van der Waals surface area (Å²) in [5.74, 6) is 0.528. The van der Waals surface area contributed by atoms with Gasteiger partial charge in [0.15, 0.2) is 0 Å². The third-order valence-corrected chi connectivity index (χ3v) is 6.05. The zero-order chi connectivity index (χ0) is 14.9. The number of aromatic nitrogens is 3. The van der Waals surface area contributed by atoms with Crippen molar-refractivity contribution in [3.05, 3.63) is 29.2 Å². The molecule has 10 heteroatoms. The minimum Gasteiger partial charge on any atom is -0.389 e. The van der Waals surface area contributed by atoms with E-state index in [0.717, 1.165) is 11.3 Å². The predicted octanol–water partition coefficient (Wildman–Crippen LogP) is 0.550. The van der Waals surface area contributed by atoms with E-state index < -0.39 is 16.1 Å². The molecule has 2 heterocycles. The fourth-order valence-electron chi connectivity index (χ4n) is 1.62. The third kappa shape index (κ3) is 3.03. The molecule has 0 aliphatic heterocycles. The standard InChI is InChI=1S/C10H13N5O2S3/c1-6(10-13-12-5-15(10)2)14-20(16,17)8-4-3-7(19-8)9(11)18/h3-6,14H,1-2H3,(H2,11,18). The minimum absolute atomic E-state index is 0.161. The molecule has 0 radical (unpaired) electrons. The van der Waals surface area contributed by atoms with E-state index in [4.69, 9.17) is 18.0 Å². The normalized spacial score (nSPS) is 13.3. The Hall–Kier alpha value is -1.36. The topological polar surface area (TPSA) is 103 Å². The molecule has 7 nitrogen and oxygen atoms in total. The first-order chi connectivity index (χ1) is 9.31. The van der Waals surface area contributed by atoms with Crippen molar-refractivity contribution in [1.29, 1.82) is 0 Å². The zero-order valence-corrected chi connectivity index (χ0v) is 13.2. The Bertz CT molecular complexity index is 734. The molecule has 108 valence electrons. The summed E-state index contributed by atoms with van der Waals surface area (Å²) in [4.78, 5) is 0.740. The molecule has 1 unspecified atom stereocenters. The first-order valence-electron chi connectivity index (χ1n) is 5.57. The average Bonchev–Trinajstić information content (AvgIpc) is 2.96. The third-order valence-electron chi connectivity index (χ3n) is 2.55. The van der Waals surface area contributed by atoms with Crippen molar-refractivity contribution in [2.45, 2.75) is 17.2 Å². The van der Waals surface area contributed by atoms with E-state index in [0.29, 0.717) is 10.7 Å². The summed E-state index contributed by atoms with van der Waals surface area (Å²) < 4.78 is 28.8. The van der Waals surface area contributed by atoms with Crippen LogP contribution in [0.4, 0.5) is 0 Å². The van der Waals surface area contributed by atoms with Crippen LogP contribution >= 0.6 is 23.6 Å². The fourth-order valence-corrected chi connectivity index (χ4v) is 4.19. The molecule has 0 aliphatic carbocycles. The lowest BCUT2D eigenvalue weighted by atomic mass is 10.3. The highest BCUT2D eigenvalue weighted by Gasteiger charge is 2.23. The summed E-state index contributed by atoms with van der Waals surface area (Å²) in [6.07, 6.45) is 1.51. The second kappa shape index (κ2) is 5.56. The van der Waals surface area contributed by atoms with Crippen LogP contribution in [0.25, 0.3) is 0 Å². The minimum atomic E-state index is -3.64. The SMILES string of the molecule is CC(NS(=O)(=O)c1ccc(C(N)=S)s1)c1nncn1C. The Morgan fingerprint density at radius 2 is 2.25 bits per heavy atom. The van der Waals surface area contributed by atoms with Gasteiger partial charge in [0.05, 0.1) is 10.9 Å². The van der Waals surface area contributed by atoms with Gasteiger partial charge in [-0.1, -0.05) is 12.2 Å². The molecular weight excluding hydrogens is 318 g/mol. The molecule has 0 saturated heterocycles. The van der Waals surface area contributed by atoms with E-state index in [1.807, 2.05) is 0 Å². The van der Waals surface area contributed by atoms with Crippen molar-refractivity contribution in [1.82, 2.24) is 19.5 Å². The van der Waals surface area contributed by atoms with Crippen molar-refractivity contribution in [2.24, 2.45) is 12.8 Å². The number of thiocarbonyl (C=S) groups is 1. The van der Waals surface area contributed by atoms with Gasteiger partial charge in [-0.25, -0.2) is 13.1 Å². The van der Waals surface area contributed by atoms with Crippen LogP contribution in [-0.4, -0.2) is 28.2 Å². The van der Waals surface area contributed by atoms with Crippen LogP contribution in [0.1, 0.15) is 23.7 Å². The Labute approximate surface area is 125 Å². The Morgan fingerprint density at radius 3 is 2.75 bits per heavy atom. The highest BCUT2D eigenvalue weighted by molar-refractivity contribution is 7.91. The molecule has 0 saturated carbocycles. The maximum atomic E-state index is 12.2. The molecule has 0 spiro atoms. The van der Waals surface area contributed by atoms with Crippen LogP contribution in [0, 0.1) is 0 Å². The highest BCUT2D eigenvalue weighted by atomic mass is 32.2. The highest BCUT2D eigenvalue weighted by Crippen LogP contribution is 2.23. The van der Waals surface area contributed by atoms with Crippen LogP contribution < -0.4 is 10.5 Å². The molecule has 20 heavy (non-hydrogen) atoms. The molecule has 3 N–H and O–H groups in total. The van der Waals surface area contributed by atoms with E-state index in [1.165, 1.54) is 12.4 Å². The lowest BCUT2D eigenvalue weighted by molar-refractivity contribution is 0.555. The van der Waals surface area contributed by atoms with Gasteiger partial charge in [0.2, 0.25) is 0 Å². The summed E-state index contributed by atoms with van der Waals surface area (Å²) in [6, 6.07) is 2.57. The van der Waals surface area contributed by atoms with Crippen LogP contribution in [0.2, 0.25) is 0 Å². The summed E-state index contributed by atoms with van der Waals surface area (Å²) in [7, 11) is -1.90. The summed E-state index contributed by atoms with van der Waals surface area (Å²) in [5.41, 5.74) is 5.47. The number of thiophene rings is 1. The molecule has 0 amide bonds. The first-order valence-corrected chi connectivity index (χ1v) is 8.28. The molecule has 0 bridgehead atoms. The molecule has 0 aliphatic rings. The fraction of sp³-hybridized carbons (Fsp3) is 0.300. The molecular formula is C10H13N5O2S3. The number of sulfonamides is 1. The Kier molecular flexibility index (Phi) is 4.18. The average molecular weight is 331 g/mol. The van der Waals surface area contributed by atoms with Crippen LogP contribution in [0.5, 0.6) is 0 Å². The lowest BCUT2D eigenvalue weighted by Crippen LogP contribution is -2.28. The van der Waals surface area contributed by atoms with Crippen molar-refractivity contribution in [3.8, 4) is 0 Å². The van der Waals surface area contributed by atoms with Gasteiger partial charge in [-0.15, -0.1) is 21.5 Å². The van der Waals surface area contributed by atoms with Gasteiger partial charge in [-0.05, 0) is 19.1 Å².